The highest BCUT2D eigenvalue weighted by Crippen LogP contribution is 2.14. The maximum Gasteiger partial charge on any atom is 0.224 e. The molecule has 88 valence electrons. The Kier molecular flexibility index (Phi) is 4.79. The maximum absolute atomic E-state index is 11.1. The Labute approximate surface area is 96.2 Å². The normalized spacial score (nSPS) is 11.9. The van der Waals surface area contributed by atoms with E-state index in [0.717, 1.165) is 11.4 Å². The molecule has 0 saturated carbocycles. The Morgan fingerprint density at radius 2 is 1.88 bits per heavy atom. The second-order valence-corrected chi connectivity index (χ2v) is 3.76. The van der Waals surface area contributed by atoms with E-state index in [1.807, 2.05) is 38.1 Å². The zero-order chi connectivity index (χ0) is 12.0. The van der Waals surface area contributed by atoms with Crippen LogP contribution in [0.5, 0.6) is 0 Å². The number of benzene rings is 1. The second-order valence-electron chi connectivity index (χ2n) is 3.76. The van der Waals surface area contributed by atoms with Gasteiger partial charge < -0.3 is 16.4 Å². The second kappa shape index (κ2) is 6.12. The van der Waals surface area contributed by atoms with E-state index in [1.165, 1.54) is 0 Å². The molecule has 1 atom stereocenters. The van der Waals surface area contributed by atoms with Gasteiger partial charge in [-0.1, -0.05) is 6.92 Å². The molecular weight excluding hydrogens is 202 g/mol. The van der Waals surface area contributed by atoms with Crippen molar-refractivity contribution < 1.29 is 4.79 Å². The number of anilines is 2. The molecule has 4 nitrogen and oxygen atoms in total. The van der Waals surface area contributed by atoms with Crippen molar-refractivity contribution in [2.75, 3.05) is 17.2 Å². The maximum atomic E-state index is 11.1. The molecule has 0 spiro atoms. The van der Waals surface area contributed by atoms with E-state index >= 15 is 0 Å². The van der Waals surface area contributed by atoms with Crippen LogP contribution in [-0.4, -0.2) is 18.5 Å². The summed E-state index contributed by atoms with van der Waals surface area (Å²) >= 11 is 0. The number of hydrogen-bond donors (Lipinski definition) is 3. The van der Waals surface area contributed by atoms with Gasteiger partial charge in [0.2, 0.25) is 5.91 Å². The Morgan fingerprint density at radius 1 is 1.31 bits per heavy atom. The van der Waals surface area contributed by atoms with Gasteiger partial charge in [-0.05, 0) is 31.2 Å². The molecule has 1 amide bonds. The van der Waals surface area contributed by atoms with Gasteiger partial charge in [-0.2, -0.15) is 0 Å². The van der Waals surface area contributed by atoms with E-state index in [9.17, 15) is 4.79 Å². The van der Waals surface area contributed by atoms with Gasteiger partial charge in [-0.3, -0.25) is 4.79 Å². The Morgan fingerprint density at radius 3 is 2.38 bits per heavy atom. The van der Waals surface area contributed by atoms with Crippen molar-refractivity contribution >= 4 is 17.3 Å². The van der Waals surface area contributed by atoms with Crippen LogP contribution in [0.25, 0.3) is 0 Å². The summed E-state index contributed by atoms with van der Waals surface area (Å²) in [5, 5.41) is 6.04. The monoisotopic (exact) mass is 221 g/mol. The summed E-state index contributed by atoms with van der Waals surface area (Å²) in [6.45, 7) is 4.44. The van der Waals surface area contributed by atoms with Crippen molar-refractivity contribution in [1.29, 1.82) is 0 Å². The molecule has 0 fully saturated rings. The van der Waals surface area contributed by atoms with Gasteiger partial charge in [-0.15, -0.1) is 0 Å². The molecule has 0 aliphatic rings. The summed E-state index contributed by atoms with van der Waals surface area (Å²) in [5.74, 6) is 0.0241. The largest absolute Gasteiger partial charge is 0.381 e. The Bertz CT molecular complexity index is 335. The average Bonchev–Trinajstić information content (AvgIpc) is 2.31. The highest BCUT2D eigenvalue weighted by atomic mass is 16.1. The molecule has 0 aromatic heterocycles. The van der Waals surface area contributed by atoms with Crippen LogP contribution in [0.15, 0.2) is 24.3 Å². The SMILES string of the molecule is CCC(=O)Nc1ccc(NC(C)CN)cc1. The molecule has 0 aliphatic carbocycles. The zero-order valence-electron chi connectivity index (χ0n) is 9.79. The molecule has 1 aromatic rings. The van der Waals surface area contributed by atoms with Crippen LogP contribution in [0, 0.1) is 0 Å². The molecule has 16 heavy (non-hydrogen) atoms. The highest BCUT2D eigenvalue weighted by molar-refractivity contribution is 5.90. The lowest BCUT2D eigenvalue weighted by molar-refractivity contribution is -0.115. The van der Waals surface area contributed by atoms with Crippen molar-refractivity contribution in [3.63, 3.8) is 0 Å². The number of amides is 1. The van der Waals surface area contributed by atoms with E-state index in [-0.39, 0.29) is 11.9 Å². The lowest BCUT2D eigenvalue weighted by atomic mass is 10.2. The minimum atomic E-state index is 0.0241. The first-order valence-corrected chi connectivity index (χ1v) is 5.52. The minimum Gasteiger partial charge on any atom is -0.381 e. The third kappa shape index (κ3) is 3.90. The van der Waals surface area contributed by atoms with Crippen molar-refractivity contribution in [1.82, 2.24) is 0 Å². The van der Waals surface area contributed by atoms with E-state index < -0.39 is 0 Å². The van der Waals surface area contributed by atoms with Crippen molar-refractivity contribution in [3.05, 3.63) is 24.3 Å². The molecule has 0 aliphatic heterocycles. The van der Waals surface area contributed by atoms with Gasteiger partial charge >= 0.3 is 0 Å². The van der Waals surface area contributed by atoms with E-state index in [0.29, 0.717) is 13.0 Å². The van der Waals surface area contributed by atoms with Crippen molar-refractivity contribution in [2.45, 2.75) is 26.3 Å². The smallest absolute Gasteiger partial charge is 0.224 e. The third-order valence-electron chi connectivity index (χ3n) is 2.26. The number of carbonyl (C=O) groups is 1. The number of nitrogens with two attached hydrogens (primary N) is 1. The van der Waals surface area contributed by atoms with Crippen LogP contribution in [0.4, 0.5) is 11.4 Å². The molecule has 1 unspecified atom stereocenters. The van der Waals surface area contributed by atoms with E-state index in [4.69, 9.17) is 5.73 Å². The van der Waals surface area contributed by atoms with Crippen molar-refractivity contribution in [2.24, 2.45) is 5.73 Å². The van der Waals surface area contributed by atoms with Crippen LogP contribution < -0.4 is 16.4 Å². The molecule has 0 radical (unpaired) electrons. The zero-order valence-corrected chi connectivity index (χ0v) is 9.79. The van der Waals surface area contributed by atoms with Gasteiger partial charge in [0.05, 0.1) is 0 Å². The van der Waals surface area contributed by atoms with Gasteiger partial charge in [0.15, 0.2) is 0 Å². The first kappa shape index (κ1) is 12.5. The molecule has 0 bridgehead atoms. The van der Waals surface area contributed by atoms with Crippen LogP contribution in [0.3, 0.4) is 0 Å². The minimum absolute atomic E-state index is 0.0241. The molecule has 0 heterocycles. The predicted octanol–water partition coefficient (Wildman–Crippen LogP) is 1.79. The number of nitrogens with one attached hydrogen (secondary N) is 2. The highest BCUT2D eigenvalue weighted by Gasteiger charge is 2.00. The van der Waals surface area contributed by atoms with E-state index in [2.05, 4.69) is 10.6 Å². The van der Waals surface area contributed by atoms with Gasteiger partial charge in [0.1, 0.15) is 0 Å². The summed E-state index contributed by atoms with van der Waals surface area (Å²) in [7, 11) is 0. The standard InChI is InChI=1S/C12H19N3O/c1-3-12(16)15-11-6-4-10(5-7-11)14-9(2)8-13/h4-7,9,14H,3,8,13H2,1-2H3,(H,15,16). The van der Waals surface area contributed by atoms with Gasteiger partial charge in [0.25, 0.3) is 0 Å². The third-order valence-corrected chi connectivity index (χ3v) is 2.26. The van der Waals surface area contributed by atoms with Gasteiger partial charge in [-0.25, -0.2) is 0 Å². The molecule has 1 rings (SSSR count). The van der Waals surface area contributed by atoms with Crippen LogP contribution in [0.2, 0.25) is 0 Å². The number of carbonyl (C=O) groups excluding carboxylic acids is 1. The fourth-order valence-electron chi connectivity index (χ4n) is 1.24. The number of hydrogen-bond acceptors (Lipinski definition) is 3. The van der Waals surface area contributed by atoms with Crippen LogP contribution in [-0.2, 0) is 4.79 Å². The quantitative estimate of drug-likeness (QED) is 0.710. The fraction of sp³-hybridized carbons (Fsp3) is 0.417. The molecule has 1 aromatic carbocycles. The topological polar surface area (TPSA) is 67.2 Å². The average molecular weight is 221 g/mol. The fourth-order valence-corrected chi connectivity index (χ4v) is 1.24. The lowest BCUT2D eigenvalue weighted by Gasteiger charge is -2.13. The summed E-state index contributed by atoms with van der Waals surface area (Å²) in [5.41, 5.74) is 7.34. The lowest BCUT2D eigenvalue weighted by Crippen LogP contribution is -2.25. The number of rotatable bonds is 5. The predicted molar refractivity (Wildman–Crippen MR) is 67.5 cm³/mol. The van der Waals surface area contributed by atoms with Gasteiger partial charge in [0, 0.05) is 30.4 Å². The van der Waals surface area contributed by atoms with E-state index in [1.54, 1.807) is 0 Å². The summed E-state index contributed by atoms with van der Waals surface area (Å²) in [4.78, 5) is 11.1. The summed E-state index contributed by atoms with van der Waals surface area (Å²) < 4.78 is 0. The molecule has 4 heteroatoms. The van der Waals surface area contributed by atoms with Crippen molar-refractivity contribution in [3.8, 4) is 0 Å². The Balaban J connectivity index is 2.57. The summed E-state index contributed by atoms with van der Waals surface area (Å²) in [6, 6.07) is 7.85. The first-order chi connectivity index (χ1) is 7.65. The molecule has 4 N–H and O–H groups in total. The summed E-state index contributed by atoms with van der Waals surface area (Å²) in [6.07, 6.45) is 0.490. The first-order valence-electron chi connectivity index (χ1n) is 5.52. The van der Waals surface area contributed by atoms with Crippen LogP contribution >= 0.6 is 0 Å². The molecular formula is C12H19N3O. The Hall–Kier alpha value is -1.55. The van der Waals surface area contributed by atoms with Crippen LogP contribution in [0.1, 0.15) is 20.3 Å². The molecule has 0 saturated heterocycles.